The first-order valence-corrected chi connectivity index (χ1v) is 9.40. The third-order valence-electron chi connectivity index (χ3n) is 5.01. The lowest BCUT2D eigenvalue weighted by Gasteiger charge is -2.34. The molecule has 8 nitrogen and oxygen atoms in total. The Morgan fingerprint density at radius 2 is 2.04 bits per heavy atom. The van der Waals surface area contributed by atoms with E-state index in [0.29, 0.717) is 18.1 Å². The topological polar surface area (TPSA) is 97.9 Å². The minimum absolute atomic E-state index is 0.137. The largest absolute Gasteiger partial charge is 0.361 e. The van der Waals surface area contributed by atoms with Gasteiger partial charge in [-0.15, -0.1) is 0 Å². The Hall–Kier alpha value is -3.16. The number of amides is 1. The van der Waals surface area contributed by atoms with Crippen LogP contribution >= 0.6 is 0 Å². The monoisotopic (exact) mass is 378 g/mol. The zero-order valence-electron chi connectivity index (χ0n) is 16.2. The third kappa shape index (κ3) is 3.37. The molecule has 0 aliphatic carbocycles. The van der Waals surface area contributed by atoms with Gasteiger partial charge >= 0.3 is 0 Å². The summed E-state index contributed by atoms with van der Waals surface area (Å²) in [7, 11) is 0. The first-order valence-electron chi connectivity index (χ1n) is 9.40. The van der Waals surface area contributed by atoms with Crippen molar-refractivity contribution in [2.45, 2.75) is 46.1 Å². The molecule has 3 aromatic rings. The number of hydrogen-bond acceptors (Lipinski definition) is 7. The van der Waals surface area contributed by atoms with E-state index in [2.05, 4.69) is 20.1 Å². The van der Waals surface area contributed by atoms with Gasteiger partial charge in [-0.2, -0.15) is 0 Å². The van der Waals surface area contributed by atoms with Crippen molar-refractivity contribution in [3.63, 3.8) is 0 Å². The van der Waals surface area contributed by atoms with Crippen LogP contribution in [0.3, 0.4) is 0 Å². The van der Waals surface area contributed by atoms with E-state index in [1.165, 1.54) is 12.4 Å². The highest BCUT2D eigenvalue weighted by Gasteiger charge is 2.32. The van der Waals surface area contributed by atoms with Crippen LogP contribution in [0.25, 0.3) is 11.3 Å². The van der Waals surface area contributed by atoms with Crippen LogP contribution in [0.15, 0.2) is 29.2 Å². The molecule has 0 N–H and O–H groups in total. The Morgan fingerprint density at radius 1 is 1.18 bits per heavy atom. The highest BCUT2D eigenvalue weighted by Crippen LogP contribution is 2.32. The summed E-state index contributed by atoms with van der Waals surface area (Å²) in [5.74, 6) is 1.23. The molecule has 0 radical (unpaired) electrons. The zero-order valence-corrected chi connectivity index (χ0v) is 16.2. The fraction of sp³-hybridized carbons (Fsp3) is 0.400. The van der Waals surface area contributed by atoms with Gasteiger partial charge in [0.15, 0.2) is 5.82 Å². The van der Waals surface area contributed by atoms with E-state index in [0.717, 1.165) is 47.7 Å². The Morgan fingerprint density at radius 3 is 2.75 bits per heavy atom. The van der Waals surface area contributed by atoms with Gasteiger partial charge in [-0.1, -0.05) is 5.16 Å². The molecule has 28 heavy (non-hydrogen) atoms. The molecular formula is C20H22N6O2. The van der Waals surface area contributed by atoms with Gasteiger partial charge in [-0.25, -0.2) is 15.0 Å². The van der Waals surface area contributed by atoms with Crippen LogP contribution in [0.2, 0.25) is 0 Å². The lowest BCUT2D eigenvalue weighted by Crippen LogP contribution is -2.39. The van der Waals surface area contributed by atoms with Crippen LogP contribution in [0.1, 0.15) is 58.8 Å². The minimum atomic E-state index is -0.192. The number of carbonyl (C=O) groups is 1. The maximum Gasteiger partial charge on any atom is 0.274 e. The average molecular weight is 378 g/mol. The Balaban J connectivity index is 1.73. The number of piperidine rings is 1. The molecule has 3 aromatic heterocycles. The second kappa shape index (κ2) is 7.46. The van der Waals surface area contributed by atoms with Crippen LogP contribution in [0, 0.1) is 20.8 Å². The summed E-state index contributed by atoms with van der Waals surface area (Å²) in [5, 5.41) is 4.03. The number of aryl methyl sites for hydroxylation is 3. The van der Waals surface area contributed by atoms with Gasteiger partial charge in [-0.3, -0.25) is 9.78 Å². The van der Waals surface area contributed by atoms with Gasteiger partial charge in [0.2, 0.25) is 0 Å². The van der Waals surface area contributed by atoms with E-state index < -0.39 is 0 Å². The van der Waals surface area contributed by atoms with E-state index >= 15 is 0 Å². The molecule has 1 atom stereocenters. The lowest BCUT2D eigenvalue weighted by molar-refractivity contribution is 0.0593. The number of hydrogen-bond donors (Lipinski definition) is 0. The maximum absolute atomic E-state index is 13.0. The Bertz CT molecular complexity index is 982. The van der Waals surface area contributed by atoms with Gasteiger partial charge in [0.05, 0.1) is 29.2 Å². The number of carbonyl (C=O) groups excluding carboxylic acids is 1. The highest BCUT2D eigenvalue weighted by molar-refractivity contribution is 5.92. The van der Waals surface area contributed by atoms with Gasteiger partial charge in [0.25, 0.3) is 5.91 Å². The standard InChI is InChI=1S/C20H22N6O2/c1-12-10-15(18-13(2)25-28-14(18)3)24-19(23-12)17-6-4-5-9-26(17)20(27)16-11-21-7-8-22-16/h7-8,10-11,17H,4-6,9H2,1-3H3/t17-/m0/s1. The van der Waals surface area contributed by atoms with E-state index in [9.17, 15) is 4.79 Å². The molecule has 4 heterocycles. The quantitative estimate of drug-likeness (QED) is 0.690. The van der Waals surface area contributed by atoms with Crippen molar-refractivity contribution < 1.29 is 9.32 Å². The van der Waals surface area contributed by atoms with E-state index in [1.807, 2.05) is 31.7 Å². The molecule has 0 bridgehead atoms. The number of aromatic nitrogens is 5. The van der Waals surface area contributed by atoms with Gasteiger partial charge in [0.1, 0.15) is 11.5 Å². The van der Waals surface area contributed by atoms with Crippen LogP contribution < -0.4 is 0 Å². The van der Waals surface area contributed by atoms with E-state index in [1.54, 1.807) is 6.20 Å². The second-order valence-electron chi connectivity index (χ2n) is 7.05. The summed E-state index contributed by atoms with van der Waals surface area (Å²) in [5.41, 5.74) is 3.63. The smallest absolute Gasteiger partial charge is 0.274 e. The van der Waals surface area contributed by atoms with Crippen LogP contribution in [-0.4, -0.2) is 42.4 Å². The highest BCUT2D eigenvalue weighted by atomic mass is 16.5. The summed E-state index contributed by atoms with van der Waals surface area (Å²) in [4.78, 5) is 32.5. The summed E-state index contributed by atoms with van der Waals surface area (Å²) in [6, 6.07) is 1.73. The third-order valence-corrected chi connectivity index (χ3v) is 5.01. The SMILES string of the molecule is Cc1cc(-c2c(C)noc2C)nc([C@@H]2CCCCN2C(=O)c2cnccn2)n1. The van der Waals surface area contributed by atoms with Crippen LogP contribution in [0.4, 0.5) is 0 Å². The van der Waals surface area contributed by atoms with Crippen molar-refractivity contribution in [3.05, 3.63) is 53.3 Å². The molecule has 0 unspecified atom stereocenters. The van der Waals surface area contributed by atoms with Crippen molar-refractivity contribution in [2.75, 3.05) is 6.54 Å². The molecule has 1 aliphatic heterocycles. The van der Waals surface area contributed by atoms with Crippen molar-refractivity contribution >= 4 is 5.91 Å². The van der Waals surface area contributed by atoms with E-state index in [4.69, 9.17) is 9.51 Å². The predicted octanol–water partition coefficient (Wildman–Crippen LogP) is 3.21. The molecule has 144 valence electrons. The van der Waals surface area contributed by atoms with Crippen molar-refractivity contribution in [1.29, 1.82) is 0 Å². The average Bonchev–Trinajstić information content (AvgIpc) is 3.06. The molecule has 1 fully saturated rings. The minimum Gasteiger partial charge on any atom is -0.361 e. The van der Waals surface area contributed by atoms with E-state index in [-0.39, 0.29) is 11.9 Å². The first-order chi connectivity index (χ1) is 13.5. The maximum atomic E-state index is 13.0. The van der Waals surface area contributed by atoms with Crippen molar-refractivity contribution in [3.8, 4) is 11.3 Å². The fourth-order valence-electron chi connectivity index (χ4n) is 3.72. The Labute approximate surface area is 163 Å². The zero-order chi connectivity index (χ0) is 19.7. The van der Waals surface area contributed by atoms with Crippen LogP contribution in [-0.2, 0) is 0 Å². The molecule has 0 aromatic carbocycles. The molecule has 1 amide bonds. The molecule has 8 heteroatoms. The van der Waals surface area contributed by atoms with Crippen molar-refractivity contribution in [2.24, 2.45) is 0 Å². The molecule has 0 spiro atoms. The number of likely N-dealkylation sites (tertiary alicyclic amines) is 1. The predicted molar refractivity (Wildman–Crippen MR) is 101 cm³/mol. The summed E-state index contributed by atoms with van der Waals surface area (Å²) in [6.07, 6.45) is 7.38. The second-order valence-corrected chi connectivity index (χ2v) is 7.05. The van der Waals surface area contributed by atoms with Gasteiger partial charge < -0.3 is 9.42 Å². The molecule has 0 saturated carbocycles. The molecule has 4 rings (SSSR count). The Kier molecular flexibility index (Phi) is 4.85. The first kappa shape index (κ1) is 18.2. The van der Waals surface area contributed by atoms with Crippen molar-refractivity contribution in [1.82, 2.24) is 30.0 Å². The van der Waals surface area contributed by atoms with Gasteiger partial charge in [-0.05, 0) is 46.1 Å². The number of nitrogens with zero attached hydrogens (tertiary/aromatic N) is 6. The number of rotatable bonds is 3. The normalized spacial score (nSPS) is 17.0. The lowest BCUT2D eigenvalue weighted by atomic mass is 10.00. The van der Waals surface area contributed by atoms with Crippen LogP contribution in [0.5, 0.6) is 0 Å². The molecular weight excluding hydrogens is 356 g/mol. The summed E-state index contributed by atoms with van der Waals surface area (Å²) >= 11 is 0. The fourth-order valence-corrected chi connectivity index (χ4v) is 3.72. The molecule has 1 aliphatic rings. The van der Waals surface area contributed by atoms with Gasteiger partial charge in [0, 0.05) is 24.6 Å². The molecule has 1 saturated heterocycles. The summed E-state index contributed by atoms with van der Waals surface area (Å²) < 4.78 is 5.30. The summed E-state index contributed by atoms with van der Waals surface area (Å²) in [6.45, 7) is 6.35.